The van der Waals surface area contributed by atoms with E-state index in [4.69, 9.17) is 0 Å². The van der Waals surface area contributed by atoms with Crippen LogP contribution >= 0.6 is 24.0 Å². The summed E-state index contributed by atoms with van der Waals surface area (Å²) in [5, 5.41) is 9.65. The van der Waals surface area contributed by atoms with Crippen LogP contribution in [-0.4, -0.2) is 31.5 Å². The van der Waals surface area contributed by atoms with Gasteiger partial charge in [-0.2, -0.15) is 0 Å². The summed E-state index contributed by atoms with van der Waals surface area (Å²) in [5.41, 5.74) is 1.22. The SMILES string of the molecule is CCNC(=NCCNC(=O)CC1CCCC1)NC(C)c1ccccc1.I. The number of carbonyl (C=O) groups excluding carboxylic acids is 1. The second kappa shape index (κ2) is 12.9. The molecule has 2 rings (SSSR count). The van der Waals surface area contributed by atoms with E-state index in [9.17, 15) is 4.79 Å². The molecule has 0 saturated heterocycles. The molecule has 1 aliphatic rings. The number of halogens is 1. The minimum Gasteiger partial charge on any atom is -0.357 e. The summed E-state index contributed by atoms with van der Waals surface area (Å²) in [7, 11) is 0. The first kappa shape index (κ1) is 22.7. The van der Waals surface area contributed by atoms with E-state index in [0.29, 0.717) is 25.4 Å². The fourth-order valence-electron chi connectivity index (χ4n) is 3.26. The minimum atomic E-state index is 0. The molecule has 6 heteroatoms. The largest absolute Gasteiger partial charge is 0.357 e. The number of amides is 1. The number of guanidine groups is 1. The van der Waals surface area contributed by atoms with Crippen LogP contribution in [0.25, 0.3) is 0 Å². The van der Waals surface area contributed by atoms with E-state index in [0.717, 1.165) is 12.5 Å². The lowest BCUT2D eigenvalue weighted by atomic mass is 10.0. The lowest BCUT2D eigenvalue weighted by molar-refractivity contribution is -0.121. The van der Waals surface area contributed by atoms with Crippen LogP contribution in [-0.2, 0) is 4.79 Å². The fraction of sp³-hybridized carbons (Fsp3) is 0.600. The maximum atomic E-state index is 11.9. The highest BCUT2D eigenvalue weighted by atomic mass is 127. The monoisotopic (exact) mass is 472 g/mol. The van der Waals surface area contributed by atoms with Crippen molar-refractivity contribution in [3.8, 4) is 0 Å². The van der Waals surface area contributed by atoms with Crippen LogP contribution in [0, 0.1) is 5.92 Å². The highest BCUT2D eigenvalue weighted by Crippen LogP contribution is 2.27. The molecule has 1 amide bonds. The molecule has 0 spiro atoms. The Kier molecular flexibility index (Phi) is 11.3. The number of hydrogen-bond donors (Lipinski definition) is 3. The van der Waals surface area contributed by atoms with E-state index in [-0.39, 0.29) is 35.9 Å². The normalized spacial score (nSPS) is 15.8. The van der Waals surface area contributed by atoms with E-state index >= 15 is 0 Å². The topological polar surface area (TPSA) is 65.5 Å². The van der Waals surface area contributed by atoms with Crippen molar-refractivity contribution in [3.05, 3.63) is 35.9 Å². The molecule has 1 saturated carbocycles. The average Bonchev–Trinajstić information content (AvgIpc) is 3.12. The number of carbonyl (C=O) groups is 1. The molecule has 1 aromatic carbocycles. The van der Waals surface area contributed by atoms with E-state index < -0.39 is 0 Å². The number of aliphatic imine (C=N–C) groups is 1. The summed E-state index contributed by atoms with van der Waals surface area (Å²) in [4.78, 5) is 16.5. The molecule has 3 N–H and O–H groups in total. The Morgan fingerprint density at radius 3 is 2.54 bits per heavy atom. The molecule has 1 atom stereocenters. The Labute approximate surface area is 174 Å². The van der Waals surface area contributed by atoms with Gasteiger partial charge in [-0.05, 0) is 38.2 Å². The summed E-state index contributed by atoms with van der Waals surface area (Å²) in [6.45, 7) is 6.13. The minimum absolute atomic E-state index is 0. The van der Waals surface area contributed by atoms with Gasteiger partial charge in [-0.3, -0.25) is 9.79 Å². The van der Waals surface area contributed by atoms with Crippen molar-refractivity contribution in [1.29, 1.82) is 0 Å². The van der Waals surface area contributed by atoms with Gasteiger partial charge >= 0.3 is 0 Å². The summed E-state index contributed by atoms with van der Waals surface area (Å²) >= 11 is 0. The van der Waals surface area contributed by atoms with Crippen molar-refractivity contribution < 1.29 is 4.79 Å². The van der Waals surface area contributed by atoms with Gasteiger partial charge in [-0.1, -0.05) is 43.2 Å². The van der Waals surface area contributed by atoms with Crippen molar-refractivity contribution in [2.45, 2.75) is 52.0 Å². The van der Waals surface area contributed by atoms with Crippen LogP contribution < -0.4 is 16.0 Å². The zero-order valence-electron chi connectivity index (χ0n) is 16.0. The van der Waals surface area contributed by atoms with Gasteiger partial charge < -0.3 is 16.0 Å². The van der Waals surface area contributed by atoms with Crippen molar-refractivity contribution in [2.75, 3.05) is 19.6 Å². The number of hydrogen-bond acceptors (Lipinski definition) is 2. The van der Waals surface area contributed by atoms with Crippen LogP contribution in [0.3, 0.4) is 0 Å². The van der Waals surface area contributed by atoms with Crippen LogP contribution in [0.1, 0.15) is 57.6 Å². The first-order valence-corrected chi connectivity index (χ1v) is 9.55. The molecule has 1 fully saturated rings. The molecule has 0 aliphatic heterocycles. The van der Waals surface area contributed by atoms with Gasteiger partial charge in [0.1, 0.15) is 0 Å². The molecule has 146 valence electrons. The van der Waals surface area contributed by atoms with Gasteiger partial charge in [0.2, 0.25) is 5.91 Å². The number of nitrogens with one attached hydrogen (secondary N) is 3. The first-order chi connectivity index (χ1) is 12.2. The summed E-state index contributed by atoms with van der Waals surface area (Å²) < 4.78 is 0. The molecular formula is C20H33IN4O. The summed E-state index contributed by atoms with van der Waals surface area (Å²) in [6.07, 6.45) is 5.64. The van der Waals surface area contributed by atoms with Crippen LogP contribution in [0.5, 0.6) is 0 Å². The van der Waals surface area contributed by atoms with Crippen molar-refractivity contribution in [1.82, 2.24) is 16.0 Å². The van der Waals surface area contributed by atoms with Gasteiger partial charge in [0.25, 0.3) is 0 Å². The van der Waals surface area contributed by atoms with Gasteiger partial charge in [0.05, 0.1) is 12.6 Å². The highest BCUT2D eigenvalue weighted by molar-refractivity contribution is 14.0. The molecular weight excluding hydrogens is 439 g/mol. The van der Waals surface area contributed by atoms with E-state index in [2.05, 4.69) is 40.0 Å². The summed E-state index contributed by atoms with van der Waals surface area (Å²) in [6, 6.07) is 10.5. The molecule has 0 heterocycles. The molecule has 1 unspecified atom stereocenters. The lowest BCUT2D eigenvalue weighted by Gasteiger charge is -2.18. The third-order valence-corrected chi connectivity index (χ3v) is 4.65. The lowest BCUT2D eigenvalue weighted by Crippen LogP contribution is -2.39. The fourth-order valence-corrected chi connectivity index (χ4v) is 3.26. The van der Waals surface area contributed by atoms with Crippen molar-refractivity contribution in [2.24, 2.45) is 10.9 Å². The predicted octanol–water partition coefficient (Wildman–Crippen LogP) is 3.62. The average molecular weight is 472 g/mol. The van der Waals surface area contributed by atoms with E-state index in [1.54, 1.807) is 0 Å². The molecule has 5 nitrogen and oxygen atoms in total. The molecule has 1 aromatic rings. The second-order valence-electron chi connectivity index (χ2n) is 6.74. The molecule has 26 heavy (non-hydrogen) atoms. The third kappa shape index (κ3) is 8.38. The van der Waals surface area contributed by atoms with Gasteiger partial charge in [-0.15, -0.1) is 24.0 Å². The second-order valence-corrected chi connectivity index (χ2v) is 6.74. The molecule has 1 aliphatic carbocycles. The van der Waals surface area contributed by atoms with E-state index in [1.807, 2.05) is 25.1 Å². The Morgan fingerprint density at radius 1 is 1.19 bits per heavy atom. The van der Waals surface area contributed by atoms with Gasteiger partial charge in [0.15, 0.2) is 5.96 Å². The van der Waals surface area contributed by atoms with Crippen molar-refractivity contribution >= 4 is 35.8 Å². The van der Waals surface area contributed by atoms with Crippen LogP contribution in [0.2, 0.25) is 0 Å². The van der Waals surface area contributed by atoms with Crippen molar-refractivity contribution in [3.63, 3.8) is 0 Å². The molecule has 0 aromatic heterocycles. The Morgan fingerprint density at radius 2 is 1.88 bits per heavy atom. The van der Waals surface area contributed by atoms with E-state index in [1.165, 1.54) is 31.2 Å². The Balaban J connectivity index is 0.00000338. The first-order valence-electron chi connectivity index (χ1n) is 9.55. The summed E-state index contributed by atoms with van der Waals surface area (Å²) in [5.74, 6) is 1.54. The van der Waals surface area contributed by atoms with Gasteiger partial charge in [0, 0.05) is 19.5 Å². The van der Waals surface area contributed by atoms with Crippen LogP contribution in [0.4, 0.5) is 0 Å². The number of nitrogens with zero attached hydrogens (tertiary/aromatic N) is 1. The third-order valence-electron chi connectivity index (χ3n) is 4.65. The number of rotatable bonds is 8. The van der Waals surface area contributed by atoms with Crippen LogP contribution in [0.15, 0.2) is 35.3 Å². The zero-order chi connectivity index (χ0) is 17.9. The molecule has 0 radical (unpaired) electrons. The zero-order valence-corrected chi connectivity index (χ0v) is 18.3. The maximum Gasteiger partial charge on any atom is 0.220 e. The number of benzene rings is 1. The van der Waals surface area contributed by atoms with Gasteiger partial charge in [-0.25, -0.2) is 0 Å². The maximum absolute atomic E-state index is 11.9. The standard InChI is InChI=1S/C20H32N4O.HI/c1-3-21-20(24-16(2)18-11-5-4-6-12-18)23-14-13-22-19(25)15-17-9-7-8-10-17;/h4-6,11-12,16-17H,3,7-10,13-15H2,1-2H3,(H,22,25)(H2,21,23,24);1H. The quantitative estimate of drug-likeness (QED) is 0.234. The Bertz CT molecular complexity index is 544. The highest BCUT2D eigenvalue weighted by Gasteiger charge is 2.17. The Hall–Kier alpha value is -1.31. The smallest absolute Gasteiger partial charge is 0.220 e. The molecule has 0 bridgehead atoms. The predicted molar refractivity (Wildman–Crippen MR) is 119 cm³/mol.